The Morgan fingerprint density at radius 3 is 1.14 bits per heavy atom. The first-order valence-electron chi connectivity index (χ1n) is 28.8. The van der Waals surface area contributed by atoms with Crippen molar-refractivity contribution < 1.29 is 47.7 Å². The Morgan fingerprint density at radius 2 is 0.824 bits per heavy atom. The molecule has 0 bridgehead atoms. The summed E-state index contributed by atoms with van der Waals surface area (Å²) in [5.74, 6) is 1.69. The minimum absolute atomic E-state index is 0.0677. The molecule has 0 spiro atoms. The van der Waals surface area contributed by atoms with Crippen molar-refractivity contribution in [1.82, 2.24) is 29.4 Å². The number of hydrogen-bond donors (Lipinski definition) is 2. The number of thiol groups is 2. The van der Waals surface area contributed by atoms with Gasteiger partial charge in [-0.1, -0.05) is 38.5 Å². The van der Waals surface area contributed by atoms with Gasteiger partial charge in [-0.2, -0.15) is 25.3 Å². The third-order valence-electron chi connectivity index (χ3n) is 13.9. The van der Waals surface area contributed by atoms with Crippen LogP contribution < -0.4 is 0 Å². The summed E-state index contributed by atoms with van der Waals surface area (Å²) in [5, 5.41) is 13.7. The summed E-state index contributed by atoms with van der Waals surface area (Å²) >= 11 is 8.31. The van der Waals surface area contributed by atoms with E-state index in [1.165, 1.54) is 6.92 Å². The molecule has 2 fully saturated rings. The number of unbranched alkanes of at least 4 members (excludes halogenated alkanes) is 4. The minimum Gasteiger partial charge on any atom is -0.464 e. The Kier molecular flexibility index (Phi) is 45.8. The lowest BCUT2D eigenvalue weighted by molar-refractivity contribution is -0.169. The van der Waals surface area contributed by atoms with Gasteiger partial charge in [0.05, 0.1) is 6.54 Å². The van der Waals surface area contributed by atoms with Crippen LogP contribution in [-0.4, -0.2) is 248 Å². The number of rotatable bonds is 47. The first-order chi connectivity index (χ1) is 40.8. The van der Waals surface area contributed by atoms with E-state index in [2.05, 4.69) is 142 Å². The smallest absolute Gasteiger partial charge is 0.318 e. The molecule has 2 rings (SSSR count). The van der Waals surface area contributed by atoms with Crippen molar-refractivity contribution in [3.05, 3.63) is 67.1 Å². The van der Waals surface area contributed by atoms with Gasteiger partial charge in [-0.25, -0.2) is 0 Å². The molecule has 30 heteroatoms. The van der Waals surface area contributed by atoms with Gasteiger partial charge in [0, 0.05) is 140 Å². The molecule has 0 N–H and O–H groups in total. The van der Waals surface area contributed by atoms with Gasteiger partial charge < -0.3 is 28.6 Å². The zero-order valence-corrected chi connectivity index (χ0v) is 53.1. The van der Waals surface area contributed by atoms with Crippen LogP contribution in [0.5, 0.6) is 0 Å². The summed E-state index contributed by atoms with van der Waals surface area (Å²) in [4.78, 5) is 84.5. The van der Waals surface area contributed by atoms with Crippen molar-refractivity contribution in [2.45, 2.75) is 127 Å². The summed E-state index contributed by atoms with van der Waals surface area (Å²) < 4.78 is 26.2. The van der Waals surface area contributed by atoms with Crippen LogP contribution in [0.15, 0.2) is 45.8 Å². The molecule has 0 heterocycles. The van der Waals surface area contributed by atoms with E-state index in [1.54, 1.807) is 0 Å². The maximum atomic E-state index is 12.4. The van der Waals surface area contributed by atoms with Gasteiger partial charge in [0.15, 0.2) is 0 Å². The van der Waals surface area contributed by atoms with Crippen LogP contribution in [0.1, 0.15) is 90.4 Å². The third kappa shape index (κ3) is 35.4. The number of esters is 5. The Morgan fingerprint density at radius 1 is 0.494 bits per heavy atom. The lowest BCUT2D eigenvalue weighted by Crippen LogP contribution is -2.40. The summed E-state index contributed by atoms with van der Waals surface area (Å²) in [7, 11) is 12.6. The quantitative estimate of drug-likeness (QED) is 0.00678. The van der Waals surface area contributed by atoms with E-state index in [0.717, 1.165) is 31.8 Å². The Hall–Kier alpha value is -5.91. The van der Waals surface area contributed by atoms with Crippen LogP contribution in [0.25, 0.3) is 41.8 Å². The molecule has 4 unspecified atom stereocenters. The maximum absolute atomic E-state index is 12.4. The summed E-state index contributed by atoms with van der Waals surface area (Å²) in [6, 6.07) is 2.40. The Labute approximate surface area is 514 Å². The number of azide groups is 4. The van der Waals surface area contributed by atoms with Crippen molar-refractivity contribution >= 4 is 55.1 Å². The van der Waals surface area contributed by atoms with E-state index in [-0.39, 0.29) is 69.8 Å². The molecule has 85 heavy (non-hydrogen) atoms. The van der Waals surface area contributed by atoms with Crippen LogP contribution in [0, 0.1) is 17.8 Å². The lowest BCUT2D eigenvalue weighted by Gasteiger charge is -2.26. The zero-order valence-electron chi connectivity index (χ0n) is 51.4. The van der Waals surface area contributed by atoms with E-state index < -0.39 is 23.3 Å². The fraction of sp³-hybridized carbons (Fsp3) is 0.800. The first-order valence-corrected chi connectivity index (χ1v) is 30.0. The first kappa shape index (κ1) is 79.1. The SMILES string of the molecule is C#CCN(C)C1C(N(C)CC=C)C1N(C)CC=C.CC(COC(=O)CCCCN=[N+]=[N-])(COC(=O)CCCCN=[N+]=[N-])C(=O)OCCS.CN(CCCS)C1C(N(C)CCOC(=O)CCCCN=[N+]=[N-])C1N(C)CCOC(=O)CCCCN=[N+]=[N-]. The van der Waals surface area contributed by atoms with Gasteiger partial charge >= 0.3 is 29.8 Å². The zero-order chi connectivity index (χ0) is 63.8. The van der Waals surface area contributed by atoms with E-state index >= 15 is 0 Å². The normalized spacial score (nSPS) is 17.8. The fourth-order valence-corrected chi connectivity index (χ4v) is 9.39. The lowest BCUT2D eigenvalue weighted by atomic mass is 9.93. The molecule has 0 saturated heterocycles. The second-order valence-corrected chi connectivity index (χ2v) is 21.8. The highest BCUT2D eigenvalue weighted by Gasteiger charge is 2.57. The average molecular weight is 1230 g/mol. The monoisotopic (exact) mass is 1230 g/mol. The number of nitrogens with zero attached hydrogens (tertiary/aromatic N) is 18. The molecule has 0 aliphatic heterocycles. The molecule has 0 aromatic carbocycles. The molecule has 0 amide bonds. The Balaban J connectivity index is 0.00000132. The predicted molar refractivity (Wildman–Crippen MR) is 334 cm³/mol. The number of carbonyl (C=O) groups is 5. The second-order valence-electron chi connectivity index (χ2n) is 20.9. The highest BCUT2D eigenvalue weighted by molar-refractivity contribution is 7.80. The molecule has 478 valence electrons. The number of terminal acetylenes is 1. The van der Waals surface area contributed by atoms with Crippen LogP contribution in [0.2, 0.25) is 0 Å². The van der Waals surface area contributed by atoms with E-state index in [1.807, 2.05) is 26.2 Å². The molecular formula is C55H96N18O10S2. The molecule has 28 nitrogen and oxygen atoms in total. The van der Waals surface area contributed by atoms with Crippen LogP contribution in [-0.2, 0) is 47.7 Å². The van der Waals surface area contributed by atoms with Crippen molar-refractivity contribution in [3.8, 4) is 12.3 Å². The van der Waals surface area contributed by atoms with Gasteiger partial charge in [0.2, 0.25) is 0 Å². The molecule has 2 saturated carbocycles. The van der Waals surface area contributed by atoms with E-state index in [0.29, 0.717) is 140 Å². The van der Waals surface area contributed by atoms with Gasteiger partial charge in [0.1, 0.15) is 38.4 Å². The van der Waals surface area contributed by atoms with Gasteiger partial charge in [0.25, 0.3) is 0 Å². The largest absolute Gasteiger partial charge is 0.464 e. The molecule has 2 aliphatic carbocycles. The van der Waals surface area contributed by atoms with Crippen LogP contribution >= 0.6 is 25.3 Å². The molecule has 4 atom stereocenters. The topological polar surface area (TPSA) is 346 Å². The minimum atomic E-state index is -1.36. The van der Waals surface area contributed by atoms with Crippen molar-refractivity contribution in [3.63, 3.8) is 0 Å². The van der Waals surface area contributed by atoms with Crippen molar-refractivity contribution in [1.29, 1.82) is 0 Å². The van der Waals surface area contributed by atoms with Crippen LogP contribution in [0.4, 0.5) is 0 Å². The summed E-state index contributed by atoms with van der Waals surface area (Å²) in [6.07, 6.45) is 15.8. The standard InChI is InChI=1S/C23H43N9O4S.C17H28N6O6S.C15H25N3/c1-30(13-8-18-37)21-22(31(2)14-16-35-19(33)9-4-6-11-26-28-24)23(21)32(3)15-17-36-20(34)10-5-7-12-27-29-25;1-17(16(26)27-10-11-30,12-28-14(24)6-2-4-8-20-22-18)13-29-15(25)7-3-5-9-21-23-19;1-7-10-16(4)13-14(17(5)11-8-2)15(13)18(6)12-9-3/h21-23,37H,4-18H2,1-3H3;30H,2-13H2,1H3;1,8-9,13-15H,2-3,10-12H2,4-6H3. The number of ether oxygens (including phenoxy) is 5. The number of hydrogen-bond acceptors (Lipinski definition) is 22. The molecule has 2 aliphatic rings. The average Bonchev–Trinajstić information content (AvgIpc) is 1.87. The summed E-state index contributed by atoms with van der Waals surface area (Å²) in [6.45, 7) is 15.3. The molecule has 0 aromatic heterocycles. The Bertz CT molecular complexity index is 2110. The highest BCUT2D eigenvalue weighted by Crippen LogP contribution is 2.38. The molecule has 0 radical (unpaired) electrons. The molecule has 0 aromatic rings. The van der Waals surface area contributed by atoms with Gasteiger partial charge in [-0.15, -0.1) is 19.6 Å². The number of likely N-dealkylation sites (N-methyl/N-ethyl adjacent to an activating group) is 6. The van der Waals surface area contributed by atoms with Crippen molar-refractivity contribution in [2.24, 2.45) is 25.9 Å². The van der Waals surface area contributed by atoms with Gasteiger partial charge in [-0.05, 0) is 141 Å². The fourth-order valence-electron chi connectivity index (χ4n) is 9.16. The van der Waals surface area contributed by atoms with Gasteiger partial charge in [-0.3, -0.25) is 48.5 Å². The maximum Gasteiger partial charge on any atom is 0.318 e. The van der Waals surface area contributed by atoms with Crippen LogP contribution in [0.3, 0.4) is 0 Å². The predicted octanol–water partition coefficient (Wildman–Crippen LogP) is 7.69. The second kappa shape index (κ2) is 49.2. The summed E-state index contributed by atoms with van der Waals surface area (Å²) in [5.41, 5.74) is 31.6. The molecular weight excluding hydrogens is 1140 g/mol. The van der Waals surface area contributed by atoms with E-state index in [4.69, 9.17) is 52.2 Å². The van der Waals surface area contributed by atoms with Crippen molar-refractivity contribution in [2.75, 3.05) is 152 Å². The highest BCUT2D eigenvalue weighted by atomic mass is 32.1. The van der Waals surface area contributed by atoms with E-state index in [9.17, 15) is 24.0 Å². The third-order valence-corrected chi connectivity index (χ3v) is 14.4. The number of carbonyl (C=O) groups excluding carboxylic acids is 5.